The Morgan fingerprint density at radius 2 is 2.33 bits per heavy atom. The lowest BCUT2D eigenvalue weighted by Crippen LogP contribution is -2.28. The van der Waals surface area contributed by atoms with E-state index < -0.39 is 11.9 Å². The zero-order chi connectivity index (χ0) is 13.3. The first-order valence-corrected chi connectivity index (χ1v) is 6.04. The van der Waals surface area contributed by atoms with Crippen molar-refractivity contribution in [3.05, 3.63) is 23.3 Å². The highest BCUT2D eigenvalue weighted by molar-refractivity contribution is 5.82. The molecule has 2 atom stereocenters. The van der Waals surface area contributed by atoms with Crippen LogP contribution in [0.5, 0.6) is 11.5 Å². The van der Waals surface area contributed by atoms with Crippen molar-refractivity contribution < 1.29 is 14.3 Å². The van der Waals surface area contributed by atoms with E-state index in [0.717, 1.165) is 17.7 Å². The molecule has 1 aromatic rings. The van der Waals surface area contributed by atoms with Gasteiger partial charge in [0, 0.05) is 17.5 Å². The maximum absolute atomic E-state index is 11.2. The number of hydrogen-bond donors (Lipinski definition) is 2. The number of carbonyl (C=O) groups excluding carboxylic acids is 1. The summed E-state index contributed by atoms with van der Waals surface area (Å²) in [4.78, 5) is 11.2. The molecule has 0 aromatic heterocycles. The lowest BCUT2D eigenvalue weighted by atomic mass is 10.0. The SMILES string of the molecule is CCOc1cc2c(cc1C(N)C(N)=O)OC(C)C2. The molecule has 1 aromatic carbocycles. The van der Waals surface area contributed by atoms with E-state index in [9.17, 15) is 4.79 Å². The van der Waals surface area contributed by atoms with Crippen molar-refractivity contribution in [1.82, 2.24) is 0 Å². The largest absolute Gasteiger partial charge is 0.494 e. The summed E-state index contributed by atoms with van der Waals surface area (Å²) in [7, 11) is 0. The molecule has 0 aliphatic carbocycles. The van der Waals surface area contributed by atoms with Gasteiger partial charge in [-0.1, -0.05) is 0 Å². The summed E-state index contributed by atoms with van der Waals surface area (Å²) in [5, 5.41) is 0. The maximum atomic E-state index is 11.2. The Bertz CT molecular complexity index is 474. The molecule has 2 rings (SSSR count). The molecule has 0 radical (unpaired) electrons. The number of benzene rings is 1. The van der Waals surface area contributed by atoms with Gasteiger partial charge in [0.2, 0.25) is 5.91 Å². The van der Waals surface area contributed by atoms with Gasteiger partial charge in [-0.2, -0.15) is 0 Å². The third-order valence-corrected chi connectivity index (χ3v) is 2.97. The normalized spacial score (nSPS) is 18.9. The Balaban J connectivity index is 2.44. The summed E-state index contributed by atoms with van der Waals surface area (Å²) in [6.45, 7) is 4.38. The number of hydrogen-bond acceptors (Lipinski definition) is 4. The second-order valence-electron chi connectivity index (χ2n) is 4.44. The minimum absolute atomic E-state index is 0.134. The van der Waals surface area contributed by atoms with E-state index in [2.05, 4.69) is 0 Å². The summed E-state index contributed by atoms with van der Waals surface area (Å²) < 4.78 is 11.2. The van der Waals surface area contributed by atoms with Crippen molar-refractivity contribution in [3.63, 3.8) is 0 Å². The third kappa shape index (κ3) is 2.26. The zero-order valence-electron chi connectivity index (χ0n) is 10.6. The fraction of sp³-hybridized carbons (Fsp3) is 0.462. The smallest absolute Gasteiger partial charge is 0.239 e. The van der Waals surface area contributed by atoms with E-state index in [0.29, 0.717) is 17.9 Å². The van der Waals surface area contributed by atoms with E-state index in [1.54, 1.807) is 6.07 Å². The first-order chi connectivity index (χ1) is 8.52. The molecular weight excluding hydrogens is 232 g/mol. The molecule has 1 heterocycles. The number of amides is 1. The van der Waals surface area contributed by atoms with E-state index in [1.165, 1.54) is 0 Å². The average molecular weight is 250 g/mol. The molecule has 5 heteroatoms. The molecule has 0 bridgehead atoms. The van der Waals surface area contributed by atoms with E-state index >= 15 is 0 Å². The number of nitrogens with two attached hydrogens (primary N) is 2. The van der Waals surface area contributed by atoms with Crippen LogP contribution in [0.25, 0.3) is 0 Å². The van der Waals surface area contributed by atoms with Gasteiger partial charge in [0.05, 0.1) is 6.61 Å². The van der Waals surface area contributed by atoms with Crippen molar-refractivity contribution >= 4 is 5.91 Å². The fourth-order valence-electron chi connectivity index (χ4n) is 2.13. The minimum atomic E-state index is -0.878. The Morgan fingerprint density at radius 3 is 2.94 bits per heavy atom. The molecule has 0 spiro atoms. The van der Waals surface area contributed by atoms with Crippen LogP contribution in [-0.4, -0.2) is 18.6 Å². The lowest BCUT2D eigenvalue weighted by Gasteiger charge is -2.15. The molecule has 98 valence electrons. The van der Waals surface area contributed by atoms with Crippen molar-refractivity contribution in [1.29, 1.82) is 0 Å². The number of carbonyl (C=O) groups is 1. The van der Waals surface area contributed by atoms with Crippen molar-refractivity contribution in [3.8, 4) is 11.5 Å². The number of ether oxygens (including phenoxy) is 2. The molecular formula is C13H18N2O3. The molecule has 2 unspecified atom stereocenters. The molecule has 0 fully saturated rings. The Labute approximate surface area is 106 Å². The quantitative estimate of drug-likeness (QED) is 0.830. The minimum Gasteiger partial charge on any atom is -0.494 e. The highest BCUT2D eigenvalue weighted by Gasteiger charge is 2.25. The highest BCUT2D eigenvalue weighted by atomic mass is 16.5. The van der Waals surface area contributed by atoms with Crippen LogP contribution >= 0.6 is 0 Å². The maximum Gasteiger partial charge on any atom is 0.239 e. The predicted molar refractivity (Wildman–Crippen MR) is 67.5 cm³/mol. The van der Waals surface area contributed by atoms with Gasteiger partial charge in [-0.25, -0.2) is 0 Å². The van der Waals surface area contributed by atoms with Crippen LogP contribution in [0.15, 0.2) is 12.1 Å². The van der Waals surface area contributed by atoms with Gasteiger partial charge in [0.25, 0.3) is 0 Å². The molecule has 4 N–H and O–H groups in total. The van der Waals surface area contributed by atoms with Crippen LogP contribution in [0.3, 0.4) is 0 Å². The second kappa shape index (κ2) is 4.86. The average Bonchev–Trinajstić information content (AvgIpc) is 2.66. The van der Waals surface area contributed by atoms with E-state index in [4.69, 9.17) is 20.9 Å². The van der Waals surface area contributed by atoms with Gasteiger partial charge < -0.3 is 20.9 Å². The Hall–Kier alpha value is -1.75. The van der Waals surface area contributed by atoms with Crippen LogP contribution in [-0.2, 0) is 11.2 Å². The Morgan fingerprint density at radius 1 is 1.61 bits per heavy atom. The standard InChI is InChI=1S/C13H18N2O3/c1-3-17-11-5-8-4-7(2)18-10(8)6-9(11)12(14)13(15)16/h5-7,12H,3-4,14H2,1-2H3,(H2,15,16). The molecule has 1 amide bonds. The summed E-state index contributed by atoms with van der Waals surface area (Å²) in [5.74, 6) is 0.792. The second-order valence-corrected chi connectivity index (χ2v) is 4.44. The molecule has 1 aliphatic heterocycles. The van der Waals surface area contributed by atoms with E-state index in [-0.39, 0.29) is 6.10 Å². The van der Waals surface area contributed by atoms with Gasteiger partial charge in [0.1, 0.15) is 23.6 Å². The van der Waals surface area contributed by atoms with E-state index in [1.807, 2.05) is 19.9 Å². The molecule has 5 nitrogen and oxygen atoms in total. The van der Waals surface area contributed by atoms with Crippen LogP contribution in [0.1, 0.15) is 31.0 Å². The summed E-state index contributed by atoms with van der Waals surface area (Å²) in [6.07, 6.45) is 0.969. The first-order valence-electron chi connectivity index (χ1n) is 6.04. The monoisotopic (exact) mass is 250 g/mol. The molecule has 1 aliphatic rings. The van der Waals surface area contributed by atoms with Crippen LogP contribution in [0.2, 0.25) is 0 Å². The number of rotatable bonds is 4. The van der Waals surface area contributed by atoms with Gasteiger partial charge in [-0.05, 0) is 26.0 Å². The fourth-order valence-corrected chi connectivity index (χ4v) is 2.13. The van der Waals surface area contributed by atoms with Crippen LogP contribution < -0.4 is 20.9 Å². The Kier molecular flexibility index (Phi) is 3.43. The highest BCUT2D eigenvalue weighted by Crippen LogP contribution is 2.37. The first kappa shape index (κ1) is 12.7. The van der Waals surface area contributed by atoms with Gasteiger partial charge in [-0.3, -0.25) is 4.79 Å². The number of primary amides is 1. The summed E-state index contributed by atoms with van der Waals surface area (Å²) in [6, 6.07) is 2.77. The van der Waals surface area contributed by atoms with Gasteiger partial charge in [0.15, 0.2) is 0 Å². The van der Waals surface area contributed by atoms with Crippen molar-refractivity contribution in [2.45, 2.75) is 32.4 Å². The third-order valence-electron chi connectivity index (χ3n) is 2.97. The predicted octanol–water partition coefficient (Wildman–Crippen LogP) is 0.894. The van der Waals surface area contributed by atoms with Crippen molar-refractivity contribution in [2.24, 2.45) is 11.5 Å². The lowest BCUT2D eigenvalue weighted by molar-refractivity contribution is -0.119. The van der Waals surface area contributed by atoms with Gasteiger partial charge >= 0.3 is 0 Å². The summed E-state index contributed by atoms with van der Waals surface area (Å²) in [5.41, 5.74) is 12.7. The molecule has 0 saturated heterocycles. The van der Waals surface area contributed by atoms with Crippen LogP contribution in [0, 0.1) is 0 Å². The summed E-state index contributed by atoms with van der Waals surface area (Å²) >= 11 is 0. The molecule has 0 saturated carbocycles. The van der Waals surface area contributed by atoms with Gasteiger partial charge in [-0.15, -0.1) is 0 Å². The van der Waals surface area contributed by atoms with Crippen molar-refractivity contribution in [2.75, 3.05) is 6.61 Å². The zero-order valence-corrected chi connectivity index (χ0v) is 10.6. The molecule has 18 heavy (non-hydrogen) atoms. The topological polar surface area (TPSA) is 87.6 Å². The van der Waals surface area contributed by atoms with Crippen LogP contribution in [0.4, 0.5) is 0 Å². The number of fused-ring (bicyclic) bond motifs is 1.